The Labute approximate surface area is 91.7 Å². The van der Waals surface area contributed by atoms with Crippen LogP contribution >= 0.6 is 0 Å². The minimum absolute atomic E-state index is 0.123. The standard InChI is InChI=1S/C9H15N3O.C2H6/c1-3-5-9(13)8(4-2)12-7-10-6-11-12;1-2/h6-8H,3-5H2,1-2H3;1-2H3. The second kappa shape index (κ2) is 8.15. The molecular formula is C11H21N3O. The van der Waals surface area contributed by atoms with E-state index in [2.05, 4.69) is 10.1 Å². The Kier molecular flexibility index (Phi) is 7.50. The predicted octanol–water partition coefficient (Wildman–Crippen LogP) is 2.62. The summed E-state index contributed by atoms with van der Waals surface area (Å²) in [4.78, 5) is 15.4. The molecule has 0 aromatic carbocycles. The first-order chi connectivity index (χ1) is 7.29. The normalized spacial score (nSPS) is 11.5. The fourth-order valence-corrected chi connectivity index (χ4v) is 1.35. The van der Waals surface area contributed by atoms with Crippen LogP contribution in [0.25, 0.3) is 0 Å². The zero-order chi connectivity index (χ0) is 11.7. The molecule has 4 heteroatoms. The lowest BCUT2D eigenvalue weighted by Gasteiger charge is -2.12. The highest BCUT2D eigenvalue weighted by atomic mass is 16.1. The summed E-state index contributed by atoms with van der Waals surface area (Å²) in [6.45, 7) is 7.99. The third kappa shape index (κ3) is 4.23. The lowest BCUT2D eigenvalue weighted by atomic mass is 10.1. The van der Waals surface area contributed by atoms with Crippen LogP contribution in [-0.4, -0.2) is 20.5 Å². The minimum Gasteiger partial charge on any atom is -0.297 e. The first-order valence-corrected chi connectivity index (χ1v) is 5.66. The molecule has 4 nitrogen and oxygen atoms in total. The molecule has 1 rings (SSSR count). The van der Waals surface area contributed by atoms with Gasteiger partial charge >= 0.3 is 0 Å². The van der Waals surface area contributed by atoms with E-state index in [-0.39, 0.29) is 11.8 Å². The molecule has 0 fully saturated rings. The molecule has 0 aliphatic carbocycles. The lowest BCUT2D eigenvalue weighted by Crippen LogP contribution is -2.19. The molecule has 0 spiro atoms. The monoisotopic (exact) mass is 211 g/mol. The van der Waals surface area contributed by atoms with E-state index in [0.29, 0.717) is 6.42 Å². The molecule has 1 heterocycles. The number of Topliss-reactive ketones (excluding diaryl/α,β-unsaturated/α-hetero) is 1. The van der Waals surface area contributed by atoms with Gasteiger partial charge in [0.15, 0.2) is 5.78 Å². The molecule has 1 unspecified atom stereocenters. The van der Waals surface area contributed by atoms with Crippen molar-refractivity contribution >= 4 is 5.78 Å². The van der Waals surface area contributed by atoms with E-state index >= 15 is 0 Å². The molecule has 15 heavy (non-hydrogen) atoms. The molecule has 0 saturated carbocycles. The molecule has 1 atom stereocenters. The van der Waals surface area contributed by atoms with Crippen molar-refractivity contribution in [2.24, 2.45) is 0 Å². The fourth-order valence-electron chi connectivity index (χ4n) is 1.35. The number of aromatic nitrogens is 3. The number of rotatable bonds is 5. The summed E-state index contributed by atoms with van der Waals surface area (Å²) in [6.07, 6.45) is 5.36. The second-order valence-electron chi connectivity index (χ2n) is 3.02. The van der Waals surface area contributed by atoms with Gasteiger partial charge in [0.2, 0.25) is 0 Å². The summed E-state index contributed by atoms with van der Waals surface area (Å²) >= 11 is 0. The summed E-state index contributed by atoms with van der Waals surface area (Å²) in [5.74, 6) is 0.246. The summed E-state index contributed by atoms with van der Waals surface area (Å²) in [7, 11) is 0. The third-order valence-corrected chi connectivity index (χ3v) is 2.01. The highest BCUT2D eigenvalue weighted by Gasteiger charge is 2.17. The van der Waals surface area contributed by atoms with Crippen molar-refractivity contribution in [1.82, 2.24) is 14.8 Å². The van der Waals surface area contributed by atoms with Crippen molar-refractivity contribution in [1.29, 1.82) is 0 Å². The van der Waals surface area contributed by atoms with E-state index in [1.807, 2.05) is 27.7 Å². The summed E-state index contributed by atoms with van der Waals surface area (Å²) < 4.78 is 1.64. The first kappa shape index (κ1) is 13.8. The van der Waals surface area contributed by atoms with E-state index in [4.69, 9.17) is 0 Å². The second-order valence-corrected chi connectivity index (χ2v) is 3.02. The first-order valence-electron chi connectivity index (χ1n) is 5.66. The number of carbonyl (C=O) groups is 1. The van der Waals surface area contributed by atoms with Gasteiger partial charge in [0.25, 0.3) is 0 Å². The van der Waals surface area contributed by atoms with Gasteiger partial charge in [0, 0.05) is 6.42 Å². The summed E-state index contributed by atoms with van der Waals surface area (Å²) in [5.41, 5.74) is 0. The SMILES string of the molecule is CC.CCCC(=O)C(CC)n1cncn1. The molecule has 1 aromatic heterocycles. The Bertz CT molecular complexity index is 257. The third-order valence-electron chi connectivity index (χ3n) is 2.01. The Morgan fingerprint density at radius 2 is 2.07 bits per heavy atom. The van der Waals surface area contributed by atoms with Crippen molar-refractivity contribution in [3.05, 3.63) is 12.7 Å². The van der Waals surface area contributed by atoms with Gasteiger partial charge in [-0.15, -0.1) is 0 Å². The topological polar surface area (TPSA) is 47.8 Å². The van der Waals surface area contributed by atoms with Crippen molar-refractivity contribution in [2.45, 2.75) is 53.0 Å². The van der Waals surface area contributed by atoms with Crippen LogP contribution in [0.3, 0.4) is 0 Å². The van der Waals surface area contributed by atoms with Crippen LogP contribution in [0.2, 0.25) is 0 Å². The summed E-state index contributed by atoms with van der Waals surface area (Å²) in [5, 5.41) is 3.98. The van der Waals surface area contributed by atoms with Crippen LogP contribution in [0.5, 0.6) is 0 Å². The van der Waals surface area contributed by atoms with Gasteiger partial charge in [-0.2, -0.15) is 5.10 Å². The van der Waals surface area contributed by atoms with E-state index in [1.54, 1.807) is 11.0 Å². The van der Waals surface area contributed by atoms with Gasteiger partial charge in [-0.1, -0.05) is 27.7 Å². The average molecular weight is 211 g/mol. The van der Waals surface area contributed by atoms with E-state index in [9.17, 15) is 4.79 Å². The highest BCUT2D eigenvalue weighted by Crippen LogP contribution is 2.12. The molecule has 0 amide bonds. The average Bonchev–Trinajstić information content (AvgIpc) is 2.76. The highest BCUT2D eigenvalue weighted by molar-refractivity contribution is 5.82. The smallest absolute Gasteiger partial charge is 0.157 e. The summed E-state index contributed by atoms with van der Waals surface area (Å²) in [6, 6.07) is -0.123. The van der Waals surface area contributed by atoms with E-state index in [0.717, 1.165) is 12.8 Å². The minimum atomic E-state index is -0.123. The largest absolute Gasteiger partial charge is 0.297 e. The Balaban J connectivity index is 0.000000921. The quantitative estimate of drug-likeness (QED) is 0.752. The van der Waals surface area contributed by atoms with Crippen LogP contribution in [0.1, 0.15) is 53.0 Å². The lowest BCUT2D eigenvalue weighted by molar-refractivity contribution is -0.122. The van der Waals surface area contributed by atoms with Gasteiger partial charge in [-0.05, 0) is 12.8 Å². The zero-order valence-corrected chi connectivity index (χ0v) is 10.1. The van der Waals surface area contributed by atoms with Crippen LogP contribution in [0, 0.1) is 0 Å². The molecule has 0 aliphatic heterocycles. The van der Waals surface area contributed by atoms with E-state index < -0.39 is 0 Å². The number of carbonyl (C=O) groups excluding carboxylic acids is 1. The number of hydrogen-bond acceptors (Lipinski definition) is 3. The van der Waals surface area contributed by atoms with Crippen molar-refractivity contribution in [3.8, 4) is 0 Å². The molecule has 86 valence electrons. The van der Waals surface area contributed by atoms with Crippen molar-refractivity contribution in [2.75, 3.05) is 0 Å². The Morgan fingerprint density at radius 1 is 1.40 bits per heavy atom. The van der Waals surface area contributed by atoms with Crippen LogP contribution < -0.4 is 0 Å². The van der Waals surface area contributed by atoms with Gasteiger partial charge in [0.1, 0.15) is 18.7 Å². The molecule has 0 aliphatic rings. The maximum Gasteiger partial charge on any atom is 0.157 e. The van der Waals surface area contributed by atoms with Gasteiger partial charge in [0.05, 0.1) is 0 Å². The predicted molar refractivity (Wildman–Crippen MR) is 60.6 cm³/mol. The molecule has 0 bridgehead atoms. The molecular weight excluding hydrogens is 190 g/mol. The Morgan fingerprint density at radius 3 is 2.47 bits per heavy atom. The van der Waals surface area contributed by atoms with Crippen LogP contribution in [0.15, 0.2) is 12.7 Å². The van der Waals surface area contributed by atoms with Gasteiger partial charge < -0.3 is 0 Å². The molecule has 0 saturated heterocycles. The molecule has 0 N–H and O–H groups in total. The Hall–Kier alpha value is -1.19. The molecule has 0 radical (unpaired) electrons. The van der Waals surface area contributed by atoms with Gasteiger partial charge in [-0.25, -0.2) is 9.67 Å². The zero-order valence-electron chi connectivity index (χ0n) is 10.1. The van der Waals surface area contributed by atoms with E-state index in [1.165, 1.54) is 6.33 Å². The maximum atomic E-state index is 11.6. The number of nitrogens with zero attached hydrogens (tertiary/aromatic N) is 3. The number of hydrogen-bond donors (Lipinski definition) is 0. The van der Waals surface area contributed by atoms with Crippen molar-refractivity contribution in [3.63, 3.8) is 0 Å². The number of ketones is 1. The molecule has 1 aromatic rings. The van der Waals surface area contributed by atoms with Crippen molar-refractivity contribution < 1.29 is 4.79 Å². The van der Waals surface area contributed by atoms with Crippen LogP contribution in [-0.2, 0) is 4.79 Å². The maximum absolute atomic E-state index is 11.6. The fraction of sp³-hybridized carbons (Fsp3) is 0.727. The van der Waals surface area contributed by atoms with Gasteiger partial charge in [-0.3, -0.25) is 4.79 Å². The van der Waals surface area contributed by atoms with Crippen LogP contribution in [0.4, 0.5) is 0 Å².